The van der Waals surface area contributed by atoms with Crippen LogP contribution in [-0.4, -0.2) is 24.1 Å². The molecule has 3 rings (SSSR count). The van der Waals surface area contributed by atoms with Gasteiger partial charge in [0.15, 0.2) is 0 Å². The second kappa shape index (κ2) is 11.8. The van der Waals surface area contributed by atoms with Crippen LogP contribution in [0.3, 0.4) is 0 Å². The fourth-order valence-electron chi connectivity index (χ4n) is 2.73. The van der Waals surface area contributed by atoms with Crippen molar-refractivity contribution in [3.05, 3.63) is 99.1 Å². The first kappa shape index (κ1) is 24.0. The molecule has 0 atom stereocenters. The van der Waals surface area contributed by atoms with E-state index in [1.165, 1.54) is 12.3 Å². The third-order valence-corrected chi connectivity index (χ3v) is 6.04. The predicted octanol–water partition coefficient (Wildman–Crippen LogP) is 5.72. The number of carbonyl (C=O) groups excluding carboxylic acids is 2. The zero-order chi connectivity index (χ0) is 22.9. The Bertz CT molecular complexity index is 1100. The normalized spacial score (nSPS) is 11.3. The van der Waals surface area contributed by atoms with Gasteiger partial charge in [0.25, 0.3) is 11.8 Å². The molecule has 2 amide bonds. The molecule has 0 aliphatic heterocycles. The van der Waals surface area contributed by atoms with Crippen LogP contribution in [0, 0.1) is 6.92 Å². The molecule has 1 heterocycles. The van der Waals surface area contributed by atoms with Gasteiger partial charge in [0.2, 0.25) is 0 Å². The highest BCUT2D eigenvalue weighted by atomic mass is 35.5. The Morgan fingerprint density at radius 1 is 1.09 bits per heavy atom. The molecule has 0 aliphatic carbocycles. The van der Waals surface area contributed by atoms with Crippen LogP contribution in [0.25, 0.3) is 6.08 Å². The molecule has 2 aromatic carbocycles. The van der Waals surface area contributed by atoms with Crippen molar-refractivity contribution in [1.29, 1.82) is 0 Å². The second-order valence-corrected chi connectivity index (χ2v) is 8.89. The zero-order valence-electron chi connectivity index (χ0n) is 17.4. The fraction of sp³-hybridized carbons (Fsp3) is 0.167. The van der Waals surface area contributed by atoms with Crippen LogP contribution in [0.2, 0.25) is 10.0 Å². The van der Waals surface area contributed by atoms with Crippen LogP contribution in [0.4, 0.5) is 0 Å². The highest BCUT2D eigenvalue weighted by Gasteiger charge is 2.15. The monoisotopic (exact) mass is 488 g/mol. The van der Waals surface area contributed by atoms with Crippen molar-refractivity contribution in [2.24, 2.45) is 0 Å². The Kier molecular flexibility index (Phi) is 8.85. The average Bonchev–Trinajstić information content (AvgIpc) is 3.28. The molecule has 1 aromatic heterocycles. The number of furan rings is 1. The zero-order valence-corrected chi connectivity index (χ0v) is 19.7. The van der Waals surface area contributed by atoms with Crippen LogP contribution in [0.15, 0.2) is 71.0 Å². The summed E-state index contributed by atoms with van der Waals surface area (Å²) in [5.74, 6) is 1.07. The van der Waals surface area contributed by atoms with E-state index in [0.717, 1.165) is 11.1 Å². The Labute approximate surface area is 201 Å². The first-order valence-corrected chi connectivity index (χ1v) is 11.8. The summed E-state index contributed by atoms with van der Waals surface area (Å²) in [4.78, 5) is 25.3. The molecule has 5 nitrogen and oxygen atoms in total. The smallest absolute Gasteiger partial charge is 0.267 e. The highest BCUT2D eigenvalue weighted by Crippen LogP contribution is 2.24. The molecule has 0 fully saturated rings. The van der Waals surface area contributed by atoms with E-state index in [-0.39, 0.29) is 11.6 Å². The molecule has 3 aromatic rings. The van der Waals surface area contributed by atoms with E-state index in [4.69, 9.17) is 27.6 Å². The number of amides is 2. The van der Waals surface area contributed by atoms with E-state index >= 15 is 0 Å². The van der Waals surface area contributed by atoms with Crippen molar-refractivity contribution in [1.82, 2.24) is 10.6 Å². The third-order valence-electron chi connectivity index (χ3n) is 4.44. The predicted molar refractivity (Wildman–Crippen MR) is 131 cm³/mol. The summed E-state index contributed by atoms with van der Waals surface area (Å²) >= 11 is 13.7. The minimum absolute atomic E-state index is 0.108. The van der Waals surface area contributed by atoms with E-state index in [9.17, 15) is 9.59 Å². The van der Waals surface area contributed by atoms with Gasteiger partial charge in [-0.1, -0.05) is 47.0 Å². The topological polar surface area (TPSA) is 71.3 Å². The molecule has 2 N–H and O–H groups in total. The lowest BCUT2D eigenvalue weighted by Crippen LogP contribution is -2.35. The van der Waals surface area contributed by atoms with E-state index in [1.807, 2.05) is 25.1 Å². The number of carbonyl (C=O) groups is 2. The summed E-state index contributed by atoms with van der Waals surface area (Å²) in [6.07, 6.45) is 3.00. The first-order valence-electron chi connectivity index (χ1n) is 9.85. The molecule has 0 radical (unpaired) electrons. The van der Waals surface area contributed by atoms with Gasteiger partial charge in [-0.2, -0.15) is 11.8 Å². The molecule has 0 spiro atoms. The summed E-state index contributed by atoms with van der Waals surface area (Å²) < 4.78 is 5.30. The van der Waals surface area contributed by atoms with Crippen molar-refractivity contribution in [2.45, 2.75) is 12.7 Å². The number of nitrogens with one attached hydrogen (secondary N) is 2. The molecule has 0 unspecified atom stereocenters. The van der Waals surface area contributed by atoms with E-state index in [1.54, 1.807) is 48.2 Å². The summed E-state index contributed by atoms with van der Waals surface area (Å²) in [7, 11) is 0. The van der Waals surface area contributed by atoms with Gasteiger partial charge in [-0.3, -0.25) is 9.59 Å². The van der Waals surface area contributed by atoms with Crippen LogP contribution in [0.5, 0.6) is 0 Å². The second-order valence-electron chi connectivity index (χ2n) is 6.94. The van der Waals surface area contributed by atoms with Crippen LogP contribution in [0.1, 0.15) is 27.2 Å². The van der Waals surface area contributed by atoms with Crippen molar-refractivity contribution < 1.29 is 14.0 Å². The lowest BCUT2D eigenvalue weighted by Gasteiger charge is -2.11. The number of thioether (sulfide) groups is 1. The Morgan fingerprint density at radius 2 is 1.88 bits per heavy atom. The number of hydrogen-bond donors (Lipinski definition) is 2. The van der Waals surface area contributed by atoms with Crippen LogP contribution < -0.4 is 10.6 Å². The molecule has 32 heavy (non-hydrogen) atoms. The maximum atomic E-state index is 12.7. The summed E-state index contributed by atoms with van der Waals surface area (Å²) in [6.45, 7) is 2.36. The minimum atomic E-state index is -0.396. The molecule has 0 aliphatic rings. The van der Waals surface area contributed by atoms with E-state index in [0.29, 0.717) is 39.4 Å². The largest absolute Gasteiger partial charge is 0.465 e. The van der Waals surface area contributed by atoms with E-state index in [2.05, 4.69) is 10.6 Å². The summed E-state index contributed by atoms with van der Waals surface area (Å²) in [6, 6.07) is 15.9. The molecule has 0 saturated carbocycles. The fourth-order valence-corrected chi connectivity index (χ4v) is 4.14. The summed E-state index contributed by atoms with van der Waals surface area (Å²) in [5, 5.41) is 6.73. The van der Waals surface area contributed by atoms with Crippen LogP contribution >= 0.6 is 35.0 Å². The molecular formula is C24H22Cl2N2O3S. The maximum Gasteiger partial charge on any atom is 0.267 e. The highest BCUT2D eigenvalue weighted by molar-refractivity contribution is 7.98. The minimum Gasteiger partial charge on any atom is -0.465 e. The number of aryl methyl sites for hydroxylation is 1. The van der Waals surface area contributed by atoms with Crippen molar-refractivity contribution in [3.63, 3.8) is 0 Å². The standard InChI is InChI=1S/C24H22Cl2N2O3S/c1-16-4-6-17(7-5-16)23(29)28-22(14-20-3-2-11-31-20)24(30)27-10-12-32-15-18-8-9-19(25)13-21(18)26/h2-9,11,13-14H,10,12,15H2,1H3,(H,27,30)(H,28,29)/b22-14-. The number of benzene rings is 2. The lowest BCUT2D eigenvalue weighted by molar-refractivity contribution is -0.117. The van der Waals surface area contributed by atoms with Gasteiger partial charge >= 0.3 is 0 Å². The SMILES string of the molecule is Cc1ccc(C(=O)N/C(=C\c2ccco2)C(=O)NCCSCc2ccc(Cl)cc2Cl)cc1. The van der Waals surface area contributed by atoms with Gasteiger partial charge in [-0.25, -0.2) is 0 Å². The van der Waals surface area contributed by atoms with Crippen molar-refractivity contribution in [2.75, 3.05) is 12.3 Å². The number of hydrogen-bond acceptors (Lipinski definition) is 4. The first-order chi connectivity index (χ1) is 15.4. The molecular weight excluding hydrogens is 467 g/mol. The molecule has 0 saturated heterocycles. The number of halogens is 2. The molecule has 0 bridgehead atoms. The van der Waals surface area contributed by atoms with Crippen molar-refractivity contribution in [3.8, 4) is 0 Å². The molecule has 166 valence electrons. The quantitative estimate of drug-likeness (QED) is 0.298. The average molecular weight is 489 g/mol. The van der Waals surface area contributed by atoms with Gasteiger partial charge in [0.05, 0.1) is 6.26 Å². The van der Waals surface area contributed by atoms with Gasteiger partial charge in [-0.05, 0) is 48.9 Å². The maximum absolute atomic E-state index is 12.7. The lowest BCUT2D eigenvalue weighted by atomic mass is 10.1. The summed E-state index contributed by atoms with van der Waals surface area (Å²) in [5.41, 5.74) is 2.60. The van der Waals surface area contributed by atoms with E-state index < -0.39 is 5.91 Å². The third kappa shape index (κ3) is 7.19. The van der Waals surface area contributed by atoms with Crippen LogP contribution in [-0.2, 0) is 10.5 Å². The molecule has 8 heteroatoms. The van der Waals surface area contributed by atoms with Gasteiger partial charge < -0.3 is 15.1 Å². The Hall–Kier alpha value is -2.67. The Morgan fingerprint density at radius 3 is 2.56 bits per heavy atom. The van der Waals surface area contributed by atoms with Gasteiger partial charge in [-0.15, -0.1) is 0 Å². The number of rotatable bonds is 9. The van der Waals surface area contributed by atoms with Crippen molar-refractivity contribution >= 4 is 52.9 Å². The Balaban J connectivity index is 1.56. The van der Waals surface area contributed by atoms with Gasteiger partial charge in [0, 0.05) is 39.7 Å². The van der Waals surface area contributed by atoms with Gasteiger partial charge in [0.1, 0.15) is 11.5 Å².